The fourth-order valence-corrected chi connectivity index (χ4v) is 4.13. The van der Waals surface area contributed by atoms with E-state index in [0.717, 1.165) is 0 Å². The number of anilines is 1. The summed E-state index contributed by atoms with van der Waals surface area (Å²) < 4.78 is 6.92. The number of amides is 1. The van der Waals surface area contributed by atoms with Crippen molar-refractivity contribution in [1.82, 2.24) is 14.3 Å². The molecule has 2 N–H and O–H groups in total. The predicted octanol–water partition coefficient (Wildman–Crippen LogP) is 1.73. The zero-order chi connectivity index (χ0) is 20.8. The van der Waals surface area contributed by atoms with Gasteiger partial charge in [0.15, 0.2) is 0 Å². The summed E-state index contributed by atoms with van der Waals surface area (Å²) in [7, 11) is 1.61. The molecule has 0 saturated carbocycles. The van der Waals surface area contributed by atoms with Crippen molar-refractivity contribution < 1.29 is 14.6 Å². The van der Waals surface area contributed by atoms with Gasteiger partial charge in [0.2, 0.25) is 0 Å². The Kier molecular flexibility index (Phi) is 7.37. The molecular formula is C19H22N4O4S2. The van der Waals surface area contributed by atoms with Gasteiger partial charge < -0.3 is 15.2 Å². The summed E-state index contributed by atoms with van der Waals surface area (Å²) in [4.78, 5) is 32.3. The lowest BCUT2D eigenvalue weighted by molar-refractivity contribution is -0.122. The number of nitrogens with zero attached hydrogens (tertiary/aromatic N) is 3. The second kappa shape index (κ2) is 9.97. The lowest BCUT2D eigenvalue weighted by Gasteiger charge is -2.13. The number of methoxy groups -OCH3 is 1. The smallest absolute Gasteiger partial charge is 0.267 e. The van der Waals surface area contributed by atoms with E-state index in [-0.39, 0.29) is 23.6 Å². The summed E-state index contributed by atoms with van der Waals surface area (Å²) >= 11 is 6.50. The third-order valence-electron chi connectivity index (χ3n) is 4.28. The van der Waals surface area contributed by atoms with Crippen LogP contribution in [0.1, 0.15) is 18.4 Å². The van der Waals surface area contributed by atoms with E-state index in [0.29, 0.717) is 53.2 Å². The molecule has 3 heterocycles. The van der Waals surface area contributed by atoms with E-state index in [2.05, 4.69) is 10.3 Å². The highest BCUT2D eigenvalue weighted by Gasteiger charge is 2.32. The van der Waals surface area contributed by atoms with Gasteiger partial charge in [0.25, 0.3) is 11.5 Å². The number of aliphatic hydroxyl groups excluding tert-OH is 1. The monoisotopic (exact) mass is 434 g/mol. The second-order valence-electron chi connectivity index (χ2n) is 6.29. The minimum atomic E-state index is -0.285. The number of carbonyl (C=O) groups excluding carboxylic acids is 1. The van der Waals surface area contributed by atoms with Crippen molar-refractivity contribution in [3.63, 3.8) is 0 Å². The van der Waals surface area contributed by atoms with E-state index in [1.165, 1.54) is 21.1 Å². The highest BCUT2D eigenvalue weighted by Crippen LogP contribution is 2.33. The molecule has 154 valence electrons. The molecule has 0 aromatic carbocycles. The second-order valence-corrected chi connectivity index (χ2v) is 7.97. The molecule has 0 bridgehead atoms. The average molecular weight is 435 g/mol. The van der Waals surface area contributed by atoms with Crippen LogP contribution in [-0.4, -0.2) is 63.0 Å². The lowest BCUT2D eigenvalue weighted by atomic mass is 10.2. The Bertz CT molecular complexity index is 1010. The third kappa shape index (κ3) is 4.84. The summed E-state index contributed by atoms with van der Waals surface area (Å²) in [5.41, 5.74) is 0.490. The van der Waals surface area contributed by atoms with Gasteiger partial charge in [-0.25, -0.2) is 4.98 Å². The van der Waals surface area contributed by atoms with Gasteiger partial charge in [0.1, 0.15) is 15.8 Å². The van der Waals surface area contributed by atoms with Crippen molar-refractivity contribution >= 4 is 51.7 Å². The molecule has 1 aliphatic rings. The van der Waals surface area contributed by atoms with Crippen LogP contribution in [0.15, 0.2) is 34.1 Å². The predicted molar refractivity (Wildman–Crippen MR) is 118 cm³/mol. The largest absolute Gasteiger partial charge is 0.396 e. The number of ether oxygens (including phenoxy) is 1. The normalized spacial score (nSPS) is 15.7. The number of fused-ring (bicyclic) bond motifs is 1. The summed E-state index contributed by atoms with van der Waals surface area (Å²) in [6, 6.07) is 5.27. The van der Waals surface area contributed by atoms with Crippen LogP contribution in [0, 0.1) is 0 Å². The third-order valence-corrected chi connectivity index (χ3v) is 5.65. The zero-order valence-electron chi connectivity index (χ0n) is 16.0. The lowest BCUT2D eigenvalue weighted by Crippen LogP contribution is -2.29. The molecule has 0 atom stereocenters. The zero-order valence-corrected chi connectivity index (χ0v) is 17.6. The Morgan fingerprint density at radius 3 is 2.93 bits per heavy atom. The van der Waals surface area contributed by atoms with Gasteiger partial charge in [0.05, 0.1) is 10.5 Å². The van der Waals surface area contributed by atoms with Crippen molar-refractivity contribution in [2.45, 2.75) is 12.8 Å². The van der Waals surface area contributed by atoms with Crippen LogP contribution < -0.4 is 10.9 Å². The first-order chi connectivity index (χ1) is 14.1. The SMILES string of the molecule is COCCCN1C(=O)/C(=C\c2c(NCCCO)nc3ccccn3c2=O)SC1=S. The van der Waals surface area contributed by atoms with Gasteiger partial charge in [-0.15, -0.1) is 0 Å². The Morgan fingerprint density at radius 1 is 1.34 bits per heavy atom. The first-order valence-corrected chi connectivity index (χ1v) is 10.4. The van der Waals surface area contributed by atoms with Crippen LogP contribution in [0.5, 0.6) is 0 Å². The first kappa shape index (κ1) is 21.4. The molecule has 0 spiro atoms. The van der Waals surface area contributed by atoms with E-state index in [4.69, 9.17) is 22.1 Å². The molecule has 3 rings (SSSR count). The number of thioether (sulfide) groups is 1. The summed E-state index contributed by atoms with van der Waals surface area (Å²) in [6.07, 6.45) is 4.36. The standard InChI is InChI=1S/C19H22N4O4S2/c1-27-11-5-9-23-18(26)14(29-19(23)28)12-13-16(20-7-4-10-24)21-15-6-2-3-8-22(15)17(13)25/h2-3,6,8,12,20,24H,4-5,7,9-11H2,1H3/b14-12+. The number of carbonyl (C=O) groups is 1. The van der Waals surface area contributed by atoms with E-state index < -0.39 is 0 Å². The summed E-state index contributed by atoms with van der Waals surface area (Å²) in [5, 5.41) is 12.1. The Morgan fingerprint density at radius 2 is 2.17 bits per heavy atom. The molecule has 1 saturated heterocycles. The number of aliphatic hydroxyl groups is 1. The van der Waals surface area contributed by atoms with Crippen molar-refractivity contribution in [1.29, 1.82) is 0 Å². The van der Waals surface area contributed by atoms with Gasteiger partial charge in [-0.1, -0.05) is 30.0 Å². The van der Waals surface area contributed by atoms with Crippen molar-refractivity contribution in [2.75, 3.05) is 38.7 Å². The molecule has 0 aliphatic carbocycles. The number of rotatable bonds is 9. The quantitative estimate of drug-likeness (QED) is 0.350. The molecule has 1 amide bonds. The molecule has 29 heavy (non-hydrogen) atoms. The van der Waals surface area contributed by atoms with E-state index in [1.54, 1.807) is 37.6 Å². The van der Waals surface area contributed by atoms with Crippen molar-refractivity contribution in [2.24, 2.45) is 0 Å². The minimum absolute atomic E-state index is 0.0228. The van der Waals surface area contributed by atoms with E-state index in [1.807, 2.05) is 0 Å². The van der Waals surface area contributed by atoms with Gasteiger partial charge in [-0.05, 0) is 31.1 Å². The maximum absolute atomic E-state index is 13.1. The Hall–Kier alpha value is -2.27. The highest BCUT2D eigenvalue weighted by atomic mass is 32.2. The van der Waals surface area contributed by atoms with Gasteiger partial charge in [0, 0.05) is 39.6 Å². The maximum Gasteiger partial charge on any atom is 0.267 e. The van der Waals surface area contributed by atoms with Gasteiger partial charge in [-0.3, -0.25) is 18.9 Å². The fourth-order valence-electron chi connectivity index (χ4n) is 2.84. The fraction of sp³-hybridized carbons (Fsp3) is 0.368. The Balaban J connectivity index is 1.98. The number of thiocarbonyl (C=S) groups is 1. The van der Waals surface area contributed by atoms with Crippen LogP contribution in [0.2, 0.25) is 0 Å². The summed E-state index contributed by atoms with van der Waals surface area (Å²) in [5.74, 6) is 0.147. The van der Waals surface area contributed by atoms with Crippen LogP contribution >= 0.6 is 24.0 Å². The minimum Gasteiger partial charge on any atom is -0.396 e. The van der Waals surface area contributed by atoms with Crippen LogP contribution in [0.4, 0.5) is 5.82 Å². The molecule has 2 aromatic heterocycles. The average Bonchev–Trinajstić information content (AvgIpc) is 2.98. The molecule has 0 unspecified atom stereocenters. The van der Waals surface area contributed by atoms with Gasteiger partial charge >= 0.3 is 0 Å². The van der Waals surface area contributed by atoms with Crippen molar-refractivity contribution in [3.8, 4) is 0 Å². The molecule has 1 fully saturated rings. The maximum atomic E-state index is 13.1. The van der Waals surface area contributed by atoms with Crippen molar-refractivity contribution in [3.05, 3.63) is 45.2 Å². The number of hydrogen-bond donors (Lipinski definition) is 2. The number of aromatic nitrogens is 2. The Labute approximate surface area is 177 Å². The highest BCUT2D eigenvalue weighted by molar-refractivity contribution is 8.26. The molecule has 1 aliphatic heterocycles. The van der Waals surface area contributed by atoms with Crippen LogP contribution in [0.25, 0.3) is 11.7 Å². The molecular weight excluding hydrogens is 412 g/mol. The van der Waals surface area contributed by atoms with Crippen LogP contribution in [0.3, 0.4) is 0 Å². The topological polar surface area (TPSA) is 96.2 Å². The summed E-state index contributed by atoms with van der Waals surface area (Å²) in [6.45, 7) is 1.47. The molecule has 2 aromatic rings. The van der Waals surface area contributed by atoms with Crippen LogP contribution in [-0.2, 0) is 9.53 Å². The van der Waals surface area contributed by atoms with E-state index >= 15 is 0 Å². The number of hydrogen-bond acceptors (Lipinski definition) is 8. The number of pyridine rings is 1. The first-order valence-electron chi connectivity index (χ1n) is 9.17. The van der Waals surface area contributed by atoms with E-state index in [9.17, 15) is 9.59 Å². The molecule has 8 nitrogen and oxygen atoms in total. The molecule has 10 heteroatoms. The number of nitrogens with one attached hydrogen (secondary N) is 1. The van der Waals surface area contributed by atoms with Gasteiger partial charge in [-0.2, -0.15) is 0 Å². The molecule has 0 radical (unpaired) electrons.